The van der Waals surface area contributed by atoms with E-state index in [0.29, 0.717) is 11.5 Å². The highest BCUT2D eigenvalue weighted by Crippen LogP contribution is 2.33. The van der Waals surface area contributed by atoms with E-state index in [9.17, 15) is 13.5 Å². The van der Waals surface area contributed by atoms with Crippen LogP contribution < -0.4 is 9.46 Å². The third-order valence-corrected chi connectivity index (χ3v) is 6.51. The van der Waals surface area contributed by atoms with Gasteiger partial charge in [-0.1, -0.05) is 12.1 Å². The number of aryl methyl sites for hydroxylation is 1. The number of ether oxygens (including phenoxy) is 1. The highest BCUT2D eigenvalue weighted by molar-refractivity contribution is 7.89. The van der Waals surface area contributed by atoms with Gasteiger partial charge in [0.05, 0.1) is 19.4 Å². The van der Waals surface area contributed by atoms with Crippen LogP contribution in [-0.2, 0) is 15.6 Å². The number of benzene rings is 1. The molecule has 0 aliphatic rings. The highest BCUT2D eigenvalue weighted by Gasteiger charge is 2.37. The normalized spacial score (nSPS) is 14.0. The zero-order valence-corrected chi connectivity index (χ0v) is 16.6. The molecule has 3 rings (SSSR count). The molecule has 0 radical (unpaired) electrons. The predicted octanol–water partition coefficient (Wildman–Crippen LogP) is 3.26. The Morgan fingerprint density at radius 2 is 2.07 bits per heavy atom. The second-order valence-corrected chi connectivity index (χ2v) is 8.71. The van der Waals surface area contributed by atoms with Crippen molar-refractivity contribution in [1.29, 1.82) is 0 Å². The first-order chi connectivity index (χ1) is 12.9. The first kappa shape index (κ1) is 19.6. The van der Waals surface area contributed by atoms with Crippen LogP contribution in [0, 0.1) is 6.92 Å². The number of furan rings is 1. The summed E-state index contributed by atoms with van der Waals surface area (Å²) in [6.45, 7) is 3.66. The first-order valence-corrected chi connectivity index (χ1v) is 10.8. The smallest absolute Gasteiger partial charge is 0.244 e. The summed E-state index contributed by atoms with van der Waals surface area (Å²) in [6, 6.07) is 11.8. The first-order valence-electron chi connectivity index (χ1n) is 8.40. The van der Waals surface area contributed by atoms with Crippen LogP contribution in [0.2, 0.25) is 0 Å². The summed E-state index contributed by atoms with van der Waals surface area (Å²) in [5.41, 5.74) is -0.821. The molecule has 8 heteroatoms. The maximum absolute atomic E-state index is 12.9. The van der Waals surface area contributed by atoms with Crippen molar-refractivity contribution in [3.8, 4) is 5.75 Å². The van der Waals surface area contributed by atoms with Crippen molar-refractivity contribution in [1.82, 2.24) is 4.72 Å². The van der Waals surface area contributed by atoms with Crippen molar-refractivity contribution in [3.05, 3.63) is 70.3 Å². The molecule has 0 amide bonds. The van der Waals surface area contributed by atoms with Crippen LogP contribution in [0.15, 0.2) is 63.4 Å². The molecule has 0 aliphatic heterocycles. The molecule has 27 heavy (non-hydrogen) atoms. The number of thiophene rings is 1. The van der Waals surface area contributed by atoms with Crippen molar-refractivity contribution in [2.75, 3.05) is 13.2 Å². The van der Waals surface area contributed by atoms with Gasteiger partial charge in [-0.2, -0.15) is 0 Å². The molecule has 6 nitrogen and oxygen atoms in total. The zero-order chi connectivity index (χ0) is 19.5. The van der Waals surface area contributed by atoms with E-state index in [2.05, 4.69) is 4.72 Å². The fraction of sp³-hybridized carbons (Fsp3) is 0.263. The third kappa shape index (κ3) is 4.08. The van der Waals surface area contributed by atoms with Gasteiger partial charge < -0.3 is 14.3 Å². The van der Waals surface area contributed by atoms with Gasteiger partial charge in [-0.05, 0) is 55.1 Å². The van der Waals surface area contributed by atoms with Crippen LogP contribution in [0.1, 0.15) is 23.1 Å². The Balaban J connectivity index is 1.93. The van der Waals surface area contributed by atoms with Gasteiger partial charge in [-0.15, -0.1) is 11.3 Å². The monoisotopic (exact) mass is 407 g/mol. The minimum absolute atomic E-state index is 0.0392. The lowest BCUT2D eigenvalue weighted by molar-refractivity contribution is 0.0655. The number of sulfonamides is 1. The van der Waals surface area contributed by atoms with E-state index in [4.69, 9.17) is 9.15 Å². The van der Waals surface area contributed by atoms with Crippen molar-refractivity contribution in [3.63, 3.8) is 0 Å². The summed E-state index contributed by atoms with van der Waals surface area (Å²) in [6.07, 6.45) is 1.44. The van der Waals surface area contributed by atoms with Crippen molar-refractivity contribution in [2.24, 2.45) is 0 Å². The Bertz CT molecular complexity index is 945. The average molecular weight is 408 g/mol. The topological polar surface area (TPSA) is 88.8 Å². The summed E-state index contributed by atoms with van der Waals surface area (Å²) in [5.74, 6) is 0.537. The second kappa shape index (κ2) is 7.85. The molecule has 144 valence electrons. The third-order valence-electron chi connectivity index (χ3n) is 4.06. The minimum atomic E-state index is -3.92. The molecule has 1 atom stereocenters. The van der Waals surface area contributed by atoms with Crippen LogP contribution in [0.25, 0.3) is 0 Å². The van der Waals surface area contributed by atoms with Gasteiger partial charge in [0.2, 0.25) is 10.0 Å². The molecular formula is C19H21NO5S2. The number of rotatable bonds is 8. The molecule has 2 aromatic heterocycles. The Kier molecular flexibility index (Phi) is 5.71. The van der Waals surface area contributed by atoms with E-state index in [1.165, 1.54) is 17.6 Å². The molecule has 0 spiro atoms. The molecule has 0 saturated carbocycles. The van der Waals surface area contributed by atoms with Crippen LogP contribution in [0.5, 0.6) is 5.75 Å². The lowest BCUT2D eigenvalue weighted by atomic mass is 9.99. The standard InChI is InChI=1S/C19H21NO5S2/c1-3-24-15-9-8-14(2)12-16(15)27(22,23)20-13-19(21,17-6-4-10-25-17)18-7-5-11-26-18/h4-12,20-21H,3,13H2,1-2H3. The molecule has 2 heterocycles. The lowest BCUT2D eigenvalue weighted by Gasteiger charge is -2.25. The molecule has 0 saturated heterocycles. The summed E-state index contributed by atoms with van der Waals surface area (Å²) >= 11 is 1.32. The molecule has 0 aliphatic carbocycles. The maximum atomic E-state index is 12.9. The molecule has 0 bridgehead atoms. The Morgan fingerprint density at radius 3 is 2.70 bits per heavy atom. The highest BCUT2D eigenvalue weighted by atomic mass is 32.2. The van der Waals surface area contributed by atoms with Gasteiger partial charge in [0.15, 0.2) is 5.60 Å². The molecule has 0 fully saturated rings. The van der Waals surface area contributed by atoms with Gasteiger partial charge in [-0.3, -0.25) is 0 Å². The van der Waals surface area contributed by atoms with Gasteiger partial charge >= 0.3 is 0 Å². The SMILES string of the molecule is CCOc1ccc(C)cc1S(=O)(=O)NCC(O)(c1ccco1)c1cccs1. The van der Waals surface area contributed by atoms with Gasteiger partial charge in [0.25, 0.3) is 0 Å². The quantitative estimate of drug-likeness (QED) is 0.598. The molecule has 1 unspecified atom stereocenters. The molecule has 2 N–H and O–H groups in total. The Morgan fingerprint density at radius 1 is 1.26 bits per heavy atom. The number of hydrogen-bond acceptors (Lipinski definition) is 6. The van der Waals surface area contributed by atoms with E-state index in [1.54, 1.807) is 56.3 Å². The van der Waals surface area contributed by atoms with Crippen LogP contribution in [0.3, 0.4) is 0 Å². The largest absolute Gasteiger partial charge is 0.492 e. The Hall–Kier alpha value is -2.13. The van der Waals surface area contributed by atoms with Crippen LogP contribution >= 0.6 is 11.3 Å². The zero-order valence-electron chi connectivity index (χ0n) is 15.0. The lowest BCUT2D eigenvalue weighted by Crippen LogP contribution is -2.41. The van der Waals surface area contributed by atoms with E-state index in [-0.39, 0.29) is 22.9 Å². The summed E-state index contributed by atoms with van der Waals surface area (Å²) in [7, 11) is -3.92. The molecular weight excluding hydrogens is 386 g/mol. The van der Waals surface area contributed by atoms with Crippen LogP contribution in [-0.4, -0.2) is 26.7 Å². The van der Waals surface area contributed by atoms with E-state index in [1.807, 2.05) is 5.38 Å². The minimum Gasteiger partial charge on any atom is -0.492 e. The molecule has 1 aromatic carbocycles. The summed E-state index contributed by atoms with van der Waals surface area (Å²) < 4.78 is 39.2. The van der Waals surface area contributed by atoms with Crippen molar-refractivity contribution in [2.45, 2.75) is 24.3 Å². The number of aliphatic hydroxyl groups is 1. The van der Waals surface area contributed by atoms with Gasteiger partial charge in [0.1, 0.15) is 16.4 Å². The Labute approximate surface area is 162 Å². The van der Waals surface area contributed by atoms with Gasteiger partial charge in [-0.25, -0.2) is 13.1 Å². The van der Waals surface area contributed by atoms with E-state index < -0.39 is 15.6 Å². The summed E-state index contributed by atoms with van der Waals surface area (Å²) in [4.78, 5) is 0.617. The van der Waals surface area contributed by atoms with E-state index in [0.717, 1.165) is 5.56 Å². The summed E-state index contributed by atoms with van der Waals surface area (Å²) in [5, 5.41) is 13.0. The second-order valence-electron chi connectivity index (χ2n) is 6.02. The van der Waals surface area contributed by atoms with Crippen LogP contribution in [0.4, 0.5) is 0 Å². The fourth-order valence-corrected chi connectivity index (χ4v) is 4.82. The number of hydrogen-bond donors (Lipinski definition) is 2. The fourth-order valence-electron chi connectivity index (χ4n) is 2.70. The van der Waals surface area contributed by atoms with Crippen molar-refractivity contribution < 1.29 is 22.7 Å². The maximum Gasteiger partial charge on any atom is 0.244 e. The molecule has 3 aromatic rings. The van der Waals surface area contributed by atoms with Gasteiger partial charge in [0, 0.05) is 4.88 Å². The average Bonchev–Trinajstić information content (AvgIpc) is 3.35. The number of nitrogens with one attached hydrogen (secondary N) is 1. The predicted molar refractivity (Wildman–Crippen MR) is 104 cm³/mol. The van der Waals surface area contributed by atoms with E-state index >= 15 is 0 Å². The van der Waals surface area contributed by atoms with Crippen molar-refractivity contribution >= 4 is 21.4 Å².